The van der Waals surface area contributed by atoms with Crippen molar-refractivity contribution in [3.63, 3.8) is 0 Å². The third-order valence-electron chi connectivity index (χ3n) is 2.52. The zero-order chi connectivity index (χ0) is 10.1. The molecule has 0 bridgehead atoms. The van der Waals surface area contributed by atoms with Gasteiger partial charge in [-0.25, -0.2) is 0 Å². The second-order valence-corrected chi connectivity index (χ2v) is 3.60. The largest absolute Gasteiger partial charge is 0.493 e. The predicted octanol–water partition coefficient (Wildman–Crippen LogP) is 1.65. The van der Waals surface area contributed by atoms with Crippen LogP contribution in [-0.2, 0) is 6.42 Å². The lowest BCUT2D eigenvalue weighted by atomic mass is 10.0. The summed E-state index contributed by atoms with van der Waals surface area (Å²) in [5, 5.41) is 0. The van der Waals surface area contributed by atoms with Gasteiger partial charge >= 0.3 is 0 Å². The maximum atomic E-state index is 5.84. The molecule has 1 aromatic carbocycles. The third kappa shape index (κ3) is 1.44. The summed E-state index contributed by atoms with van der Waals surface area (Å²) in [5.74, 6) is 1.68. The summed E-state index contributed by atoms with van der Waals surface area (Å²) < 4.78 is 10.8. The van der Waals surface area contributed by atoms with Crippen LogP contribution in [0.5, 0.6) is 11.5 Å². The fraction of sp³-hybridized carbons (Fsp3) is 0.455. The first-order valence-electron chi connectivity index (χ1n) is 4.81. The van der Waals surface area contributed by atoms with Crippen molar-refractivity contribution in [1.82, 2.24) is 0 Å². The van der Waals surface area contributed by atoms with Crippen molar-refractivity contribution in [3.8, 4) is 11.5 Å². The first-order chi connectivity index (χ1) is 6.72. The van der Waals surface area contributed by atoms with Crippen LogP contribution < -0.4 is 15.2 Å². The summed E-state index contributed by atoms with van der Waals surface area (Å²) in [5.41, 5.74) is 8.14. The smallest absolute Gasteiger partial charge is 0.164 e. The van der Waals surface area contributed by atoms with Crippen LogP contribution >= 0.6 is 0 Å². The van der Waals surface area contributed by atoms with Crippen LogP contribution in [0.2, 0.25) is 0 Å². The Kier molecular flexibility index (Phi) is 2.33. The van der Waals surface area contributed by atoms with Crippen molar-refractivity contribution >= 4 is 0 Å². The molecule has 0 spiro atoms. The summed E-state index contributed by atoms with van der Waals surface area (Å²) in [6.45, 7) is 2.71. The minimum Gasteiger partial charge on any atom is -0.493 e. The monoisotopic (exact) mass is 193 g/mol. The molecule has 3 nitrogen and oxygen atoms in total. The van der Waals surface area contributed by atoms with E-state index >= 15 is 0 Å². The van der Waals surface area contributed by atoms with E-state index in [1.54, 1.807) is 7.11 Å². The van der Waals surface area contributed by atoms with Gasteiger partial charge in [-0.1, -0.05) is 6.07 Å². The summed E-state index contributed by atoms with van der Waals surface area (Å²) >= 11 is 0. The molecule has 0 radical (unpaired) electrons. The van der Waals surface area contributed by atoms with Crippen LogP contribution in [-0.4, -0.2) is 13.7 Å². The minimum absolute atomic E-state index is 0.0369. The molecule has 0 saturated heterocycles. The van der Waals surface area contributed by atoms with Gasteiger partial charge in [0.1, 0.15) is 0 Å². The SMILES string of the molecule is COc1cc(C(C)N)cc2c1OCC2. The van der Waals surface area contributed by atoms with Gasteiger partial charge in [-0.05, 0) is 18.6 Å². The van der Waals surface area contributed by atoms with Gasteiger partial charge in [0.2, 0.25) is 0 Å². The van der Waals surface area contributed by atoms with Crippen molar-refractivity contribution in [3.05, 3.63) is 23.3 Å². The Bertz CT molecular complexity index is 347. The van der Waals surface area contributed by atoms with Gasteiger partial charge in [-0.3, -0.25) is 0 Å². The maximum Gasteiger partial charge on any atom is 0.164 e. The normalized spacial score (nSPS) is 15.9. The lowest BCUT2D eigenvalue weighted by Crippen LogP contribution is -2.05. The molecule has 0 saturated carbocycles. The van der Waals surface area contributed by atoms with Gasteiger partial charge < -0.3 is 15.2 Å². The Morgan fingerprint density at radius 3 is 2.93 bits per heavy atom. The lowest BCUT2D eigenvalue weighted by Gasteiger charge is -2.11. The fourth-order valence-electron chi connectivity index (χ4n) is 1.71. The second-order valence-electron chi connectivity index (χ2n) is 3.60. The summed E-state index contributed by atoms with van der Waals surface area (Å²) in [6, 6.07) is 4.10. The van der Waals surface area contributed by atoms with Crippen LogP contribution in [0.4, 0.5) is 0 Å². The topological polar surface area (TPSA) is 44.5 Å². The molecule has 0 fully saturated rings. The number of fused-ring (bicyclic) bond motifs is 1. The fourth-order valence-corrected chi connectivity index (χ4v) is 1.71. The number of hydrogen-bond acceptors (Lipinski definition) is 3. The highest BCUT2D eigenvalue weighted by molar-refractivity contribution is 5.51. The van der Waals surface area contributed by atoms with E-state index in [0.717, 1.165) is 30.1 Å². The highest BCUT2D eigenvalue weighted by Gasteiger charge is 2.19. The number of benzene rings is 1. The van der Waals surface area contributed by atoms with Gasteiger partial charge in [-0.2, -0.15) is 0 Å². The molecule has 3 heteroatoms. The van der Waals surface area contributed by atoms with Gasteiger partial charge in [0.25, 0.3) is 0 Å². The number of rotatable bonds is 2. The molecule has 1 aliphatic rings. The van der Waals surface area contributed by atoms with E-state index in [4.69, 9.17) is 15.2 Å². The van der Waals surface area contributed by atoms with Crippen LogP contribution in [0, 0.1) is 0 Å². The molecule has 1 atom stereocenters. The molecule has 14 heavy (non-hydrogen) atoms. The van der Waals surface area contributed by atoms with Crippen molar-refractivity contribution in [2.75, 3.05) is 13.7 Å². The average Bonchev–Trinajstić information content (AvgIpc) is 2.63. The number of methoxy groups -OCH3 is 1. The Balaban J connectivity index is 2.49. The average molecular weight is 193 g/mol. The third-order valence-corrected chi connectivity index (χ3v) is 2.52. The van der Waals surface area contributed by atoms with Crippen molar-refractivity contribution in [2.45, 2.75) is 19.4 Å². The Labute approximate surface area is 83.8 Å². The Hall–Kier alpha value is -1.22. The zero-order valence-corrected chi connectivity index (χ0v) is 8.54. The number of nitrogens with two attached hydrogens (primary N) is 1. The molecule has 2 rings (SSSR count). The lowest BCUT2D eigenvalue weighted by molar-refractivity contribution is 0.326. The Morgan fingerprint density at radius 1 is 1.50 bits per heavy atom. The van der Waals surface area contributed by atoms with E-state index in [1.165, 1.54) is 5.56 Å². The molecule has 0 aliphatic carbocycles. The molecule has 1 heterocycles. The van der Waals surface area contributed by atoms with E-state index in [-0.39, 0.29) is 6.04 Å². The van der Waals surface area contributed by atoms with E-state index in [1.807, 2.05) is 13.0 Å². The molecular weight excluding hydrogens is 178 g/mol. The van der Waals surface area contributed by atoms with Crippen LogP contribution in [0.25, 0.3) is 0 Å². The first-order valence-corrected chi connectivity index (χ1v) is 4.81. The second kappa shape index (κ2) is 3.50. The van der Waals surface area contributed by atoms with Crippen LogP contribution in [0.3, 0.4) is 0 Å². The summed E-state index contributed by atoms with van der Waals surface area (Å²) in [7, 11) is 1.66. The van der Waals surface area contributed by atoms with Gasteiger partial charge in [0, 0.05) is 18.0 Å². The molecule has 0 aromatic heterocycles. The molecule has 1 unspecified atom stereocenters. The van der Waals surface area contributed by atoms with Crippen molar-refractivity contribution in [2.24, 2.45) is 5.73 Å². The molecule has 76 valence electrons. The van der Waals surface area contributed by atoms with E-state index in [2.05, 4.69) is 6.07 Å². The maximum absolute atomic E-state index is 5.84. The van der Waals surface area contributed by atoms with Gasteiger partial charge in [-0.15, -0.1) is 0 Å². The standard InChI is InChI=1S/C11H15NO2/c1-7(12)9-5-8-3-4-14-11(8)10(6-9)13-2/h5-7H,3-4,12H2,1-2H3. The number of hydrogen-bond donors (Lipinski definition) is 1. The first kappa shape index (κ1) is 9.34. The minimum atomic E-state index is 0.0369. The quantitative estimate of drug-likeness (QED) is 0.776. The number of ether oxygens (including phenoxy) is 2. The van der Waals surface area contributed by atoms with Crippen LogP contribution in [0.15, 0.2) is 12.1 Å². The molecule has 0 amide bonds. The van der Waals surface area contributed by atoms with Gasteiger partial charge in [0.05, 0.1) is 13.7 Å². The van der Waals surface area contributed by atoms with E-state index in [0.29, 0.717) is 0 Å². The summed E-state index contributed by atoms with van der Waals surface area (Å²) in [4.78, 5) is 0. The van der Waals surface area contributed by atoms with E-state index < -0.39 is 0 Å². The predicted molar refractivity (Wildman–Crippen MR) is 54.8 cm³/mol. The van der Waals surface area contributed by atoms with Crippen LogP contribution in [0.1, 0.15) is 24.1 Å². The zero-order valence-electron chi connectivity index (χ0n) is 8.54. The highest BCUT2D eigenvalue weighted by atomic mass is 16.5. The van der Waals surface area contributed by atoms with E-state index in [9.17, 15) is 0 Å². The molecule has 2 N–H and O–H groups in total. The highest BCUT2D eigenvalue weighted by Crippen LogP contribution is 2.37. The molecular formula is C11H15NO2. The molecule has 1 aromatic rings. The van der Waals surface area contributed by atoms with Crippen molar-refractivity contribution < 1.29 is 9.47 Å². The Morgan fingerprint density at radius 2 is 2.29 bits per heavy atom. The van der Waals surface area contributed by atoms with Crippen molar-refractivity contribution in [1.29, 1.82) is 0 Å². The summed E-state index contributed by atoms with van der Waals surface area (Å²) in [6.07, 6.45) is 0.951. The van der Waals surface area contributed by atoms with Gasteiger partial charge in [0.15, 0.2) is 11.5 Å². The molecule has 1 aliphatic heterocycles.